The number of amides is 1. The maximum absolute atomic E-state index is 11.8. The van der Waals surface area contributed by atoms with Gasteiger partial charge in [0.15, 0.2) is 6.61 Å². The van der Waals surface area contributed by atoms with E-state index in [2.05, 4.69) is 15.8 Å². The second-order valence-electron chi connectivity index (χ2n) is 4.52. The molecule has 0 aliphatic carbocycles. The summed E-state index contributed by atoms with van der Waals surface area (Å²) in [7, 11) is 0. The van der Waals surface area contributed by atoms with Crippen molar-refractivity contribution in [1.29, 1.82) is 0 Å². The van der Waals surface area contributed by atoms with Gasteiger partial charge in [-0.05, 0) is 30.3 Å². The lowest BCUT2D eigenvalue weighted by molar-refractivity contribution is -0.122. The monoisotopic (exact) mass is 367 g/mol. The van der Waals surface area contributed by atoms with Gasteiger partial charge in [-0.1, -0.05) is 46.7 Å². The molecule has 0 spiro atoms. The Bertz CT molecular complexity index is 821. The molecule has 0 aliphatic rings. The third kappa shape index (κ3) is 4.04. The number of hydrogen-bond acceptors (Lipinski definition) is 5. The van der Waals surface area contributed by atoms with Gasteiger partial charge >= 0.3 is 0 Å². The Morgan fingerprint density at radius 2 is 2.04 bits per heavy atom. The average Bonchev–Trinajstić information content (AvgIpc) is 2.95. The first-order chi connectivity index (χ1) is 11.1. The van der Waals surface area contributed by atoms with E-state index < -0.39 is 0 Å². The van der Waals surface area contributed by atoms with Gasteiger partial charge in [-0.2, -0.15) is 0 Å². The highest BCUT2D eigenvalue weighted by Gasteiger charge is 2.08. The highest BCUT2D eigenvalue weighted by molar-refractivity contribution is 7.22. The molecule has 8 heteroatoms. The number of hydrazine groups is 1. The molecule has 1 heterocycles. The van der Waals surface area contributed by atoms with Crippen molar-refractivity contribution in [2.75, 3.05) is 12.0 Å². The lowest BCUT2D eigenvalue weighted by Gasteiger charge is -2.09. The summed E-state index contributed by atoms with van der Waals surface area (Å²) < 4.78 is 6.38. The van der Waals surface area contributed by atoms with E-state index in [0.29, 0.717) is 20.9 Å². The Labute approximate surface area is 146 Å². The summed E-state index contributed by atoms with van der Waals surface area (Å²) in [6.07, 6.45) is 0. The van der Waals surface area contributed by atoms with E-state index in [1.54, 1.807) is 18.2 Å². The van der Waals surface area contributed by atoms with Crippen molar-refractivity contribution < 1.29 is 9.53 Å². The minimum Gasteiger partial charge on any atom is -0.482 e. The normalized spacial score (nSPS) is 10.5. The molecule has 0 aliphatic heterocycles. The van der Waals surface area contributed by atoms with Gasteiger partial charge in [0.1, 0.15) is 5.75 Å². The maximum atomic E-state index is 11.8. The summed E-state index contributed by atoms with van der Waals surface area (Å²) in [5, 5.41) is 1.46. The molecular formula is C15H11Cl2N3O2S. The molecule has 2 N–H and O–H groups in total. The fourth-order valence-electron chi connectivity index (χ4n) is 1.82. The number of anilines is 1. The molecule has 2 aromatic carbocycles. The van der Waals surface area contributed by atoms with Gasteiger partial charge in [0.25, 0.3) is 5.91 Å². The standard InChI is InChI=1S/C15H11Cl2N3O2S/c16-9-5-6-12(10(17)7-9)22-8-14(21)19-20-15-18-11-3-1-2-4-13(11)23-15/h1-7H,8H2,(H,18,20)(H,19,21). The zero-order chi connectivity index (χ0) is 16.2. The van der Waals surface area contributed by atoms with Crippen LogP contribution in [-0.2, 0) is 4.79 Å². The van der Waals surface area contributed by atoms with E-state index in [4.69, 9.17) is 27.9 Å². The van der Waals surface area contributed by atoms with Gasteiger partial charge in [-0.15, -0.1) is 0 Å². The number of carbonyl (C=O) groups is 1. The van der Waals surface area contributed by atoms with Gasteiger partial charge in [0.05, 0.1) is 15.2 Å². The van der Waals surface area contributed by atoms with Crippen LogP contribution in [0.4, 0.5) is 5.13 Å². The summed E-state index contributed by atoms with van der Waals surface area (Å²) in [4.78, 5) is 16.1. The Morgan fingerprint density at radius 3 is 2.83 bits per heavy atom. The topological polar surface area (TPSA) is 63.2 Å². The van der Waals surface area contributed by atoms with Crippen molar-refractivity contribution in [2.24, 2.45) is 0 Å². The van der Waals surface area contributed by atoms with Gasteiger partial charge in [0, 0.05) is 5.02 Å². The van der Waals surface area contributed by atoms with Crippen LogP contribution in [0.1, 0.15) is 0 Å². The van der Waals surface area contributed by atoms with Crippen LogP contribution >= 0.6 is 34.5 Å². The Morgan fingerprint density at radius 1 is 1.22 bits per heavy atom. The third-order valence-corrected chi connectivity index (χ3v) is 4.34. The number of hydrogen-bond donors (Lipinski definition) is 2. The first-order valence-corrected chi connectivity index (χ1v) is 8.17. The van der Waals surface area contributed by atoms with Gasteiger partial charge < -0.3 is 4.74 Å². The van der Waals surface area contributed by atoms with Crippen LogP contribution in [0.3, 0.4) is 0 Å². The van der Waals surface area contributed by atoms with E-state index in [1.165, 1.54) is 11.3 Å². The number of rotatable bonds is 5. The molecule has 1 amide bonds. The van der Waals surface area contributed by atoms with Crippen LogP contribution in [0.15, 0.2) is 42.5 Å². The van der Waals surface area contributed by atoms with E-state index in [9.17, 15) is 4.79 Å². The van der Waals surface area contributed by atoms with Crippen molar-refractivity contribution in [1.82, 2.24) is 10.4 Å². The van der Waals surface area contributed by atoms with Crippen LogP contribution in [0.25, 0.3) is 10.2 Å². The van der Waals surface area contributed by atoms with E-state index in [-0.39, 0.29) is 12.5 Å². The van der Waals surface area contributed by atoms with Crippen molar-refractivity contribution >= 4 is 55.8 Å². The van der Waals surface area contributed by atoms with E-state index in [1.807, 2.05) is 24.3 Å². The number of nitrogens with one attached hydrogen (secondary N) is 2. The summed E-state index contributed by atoms with van der Waals surface area (Å²) >= 11 is 13.2. The third-order valence-electron chi connectivity index (χ3n) is 2.86. The summed E-state index contributed by atoms with van der Waals surface area (Å²) in [6, 6.07) is 12.5. The zero-order valence-electron chi connectivity index (χ0n) is 11.7. The Hall–Kier alpha value is -2.02. The van der Waals surface area contributed by atoms with Crippen molar-refractivity contribution in [3.63, 3.8) is 0 Å². The molecule has 0 saturated carbocycles. The highest BCUT2D eigenvalue weighted by Crippen LogP contribution is 2.27. The summed E-state index contributed by atoms with van der Waals surface area (Å²) in [6.45, 7) is -0.181. The van der Waals surface area contributed by atoms with Gasteiger partial charge in [-0.3, -0.25) is 15.6 Å². The number of benzene rings is 2. The number of aromatic nitrogens is 1. The van der Waals surface area contributed by atoms with Gasteiger partial charge in [-0.25, -0.2) is 4.98 Å². The van der Waals surface area contributed by atoms with Gasteiger partial charge in [0.2, 0.25) is 5.13 Å². The molecule has 5 nitrogen and oxygen atoms in total. The fraction of sp³-hybridized carbons (Fsp3) is 0.0667. The van der Waals surface area contributed by atoms with Crippen LogP contribution in [0.2, 0.25) is 10.0 Å². The SMILES string of the molecule is O=C(COc1ccc(Cl)cc1Cl)NNc1nc2ccccc2s1. The second kappa shape index (κ2) is 7.04. The molecular weight excluding hydrogens is 357 g/mol. The minimum absolute atomic E-state index is 0.181. The van der Waals surface area contributed by atoms with E-state index >= 15 is 0 Å². The number of carbonyl (C=O) groups excluding carboxylic acids is 1. The maximum Gasteiger partial charge on any atom is 0.276 e. The molecule has 3 aromatic rings. The number of ether oxygens (including phenoxy) is 1. The summed E-state index contributed by atoms with van der Waals surface area (Å²) in [5.41, 5.74) is 6.17. The lowest BCUT2D eigenvalue weighted by atomic mass is 10.3. The Balaban J connectivity index is 1.53. The van der Waals surface area contributed by atoms with Crippen molar-refractivity contribution in [2.45, 2.75) is 0 Å². The predicted molar refractivity (Wildman–Crippen MR) is 93.3 cm³/mol. The van der Waals surface area contributed by atoms with Crippen LogP contribution < -0.4 is 15.6 Å². The van der Waals surface area contributed by atoms with E-state index in [0.717, 1.165) is 10.2 Å². The number of thiazole rings is 1. The molecule has 0 saturated heterocycles. The lowest BCUT2D eigenvalue weighted by Crippen LogP contribution is -2.33. The Kier molecular flexibility index (Phi) is 4.85. The van der Waals surface area contributed by atoms with Crippen molar-refractivity contribution in [3.05, 3.63) is 52.5 Å². The zero-order valence-corrected chi connectivity index (χ0v) is 14.0. The number of halogens is 2. The molecule has 3 rings (SSSR count). The second-order valence-corrected chi connectivity index (χ2v) is 6.40. The fourth-order valence-corrected chi connectivity index (χ4v) is 3.10. The molecule has 1 aromatic heterocycles. The molecule has 23 heavy (non-hydrogen) atoms. The number of nitrogens with zero attached hydrogens (tertiary/aromatic N) is 1. The molecule has 0 radical (unpaired) electrons. The summed E-state index contributed by atoms with van der Waals surface area (Å²) in [5.74, 6) is 0.0430. The quantitative estimate of drug-likeness (QED) is 0.665. The number of para-hydroxylation sites is 1. The van der Waals surface area contributed by atoms with Crippen LogP contribution in [0.5, 0.6) is 5.75 Å². The first-order valence-electron chi connectivity index (χ1n) is 6.60. The molecule has 0 bridgehead atoms. The van der Waals surface area contributed by atoms with Crippen LogP contribution in [-0.4, -0.2) is 17.5 Å². The largest absolute Gasteiger partial charge is 0.482 e. The smallest absolute Gasteiger partial charge is 0.276 e. The van der Waals surface area contributed by atoms with Crippen molar-refractivity contribution in [3.8, 4) is 5.75 Å². The highest BCUT2D eigenvalue weighted by atomic mass is 35.5. The minimum atomic E-state index is -0.352. The average molecular weight is 368 g/mol. The van der Waals surface area contributed by atoms with Crippen LogP contribution in [0, 0.1) is 0 Å². The number of fused-ring (bicyclic) bond motifs is 1. The molecule has 118 valence electrons. The predicted octanol–water partition coefficient (Wildman–Crippen LogP) is 4.13. The molecule has 0 fully saturated rings. The molecule has 0 atom stereocenters. The molecule has 0 unspecified atom stereocenters. The first kappa shape index (κ1) is 15.9.